The first-order valence-electron chi connectivity index (χ1n) is 3.47. The van der Waals surface area contributed by atoms with Crippen molar-refractivity contribution >= 4 is 15.7 Å². The lowest BCUT2D eigenvalue weighted by Crippen LogP contribution is -2.12. The summed E-state index contributed by atoms with van der Waals surface area (Å²) in [6.45, 7) is -0.225. The average Bonchev–Trinajstić information content (AvgIpc) is 2.02. The Balaban J connectivity index is 3.26. The summed E-state index contributed by atoms with van der Waals surface area (Å²) in [4.78, 5) is -0.0535. The lowest BCUT2D eigenvalue weighted by atomic mass is 10.2. The zero-order valence-corrected chi connectivity index (χ0v) is 7.58. The third-order valence-electron chi connectivity index (χ3n) is 1.62. The first-order valence-corrected chi connectivity index (χ1v) is 5.02. The fourth-order valence-corrected chi connectivity index (χ4v) is 1.44. The van der Waals surface area contributed by atoms with E-state index in [-0.39, 0.29) is 17.2 Å². The van der Waals surface area contributed by atoms with E-state index < -0.39 is 10.0 Å². The van der Waals surface area contributed by atoms with Crippen LogP contribution in [0.2, 0.25) is 0 Å². The fourth-order valence-electron chi connectivity index (χ4n) is 0.894. The van der Waals surface area contributed by atoms with Gasteiger partial charge in [-0.2, -0.15) is 0 Å². The monoisotopic (exact) mass is 202 g/mol. The maximum absolute atomic E-state index is 10.8. The average molecular weight is 202 g/mol. The van der Waals surface area contributed by atoms with Crippen molar-refractivity contribution in [1.82, 2.24) is 0 Å². The molecule has 0 saturated heterocycles. The second-order valence-corrected chi connectivity index (χ2v) is 4.13. The highest BCUT2D eigenvalue weighted by Crippen LogP contribution is 2.16. The second kappa shape index (κ2) is 3.33. The maximum atomic E-state index is 10.8. The number of benzene rings is 1. The van der Waals surface area contributed by atoms with Gasteiger partial charge in [-0.25, -0.2) is 13.6 Å². The fraction of sp³-hybridized carbons (Fsp3) is 0.143. The third-order valence-corrected chi connectivity index (χ3v) is 2.53. The normalized spacial score (nSPS) is 11.5. The van der Waals surface area contributed by atoms with Gasteiger partial charge in [0.1, 0.15) is 0 Å². The lowest BCUT2D eigenvalue weighted by Gasteiger charge is -2.03. The Bertz CT molecular complexity index is 414. The maximum Gasteiger partial charge on any atom is 0.238 e. The molecule has 0 aliphatic rings. The van der Waals surface area contributed by atoms with Gasteiger partial charge in [-0.1, -0.05) is 6.07 Å². The zero-order chi connectivity index (χ0) is 10.1. The molecule has 0 atom stereocenters. The Labute approximate surface area is 76.0 Å². The number of nitrogens with two attached hydrogens (primary N) is 2. The second-order valence-electron chi connectivity index (χ2n) is 2.56. The molecule has 0 bridgehead atoms. The molecule has 0 unspecified atom stereocenters. The van der Waals surface area contributed by atoms with Crippen LogP contribution in [0.1, 0.15) is 5.56 Å². The first kappa shape index (κ1) is 9.97. The van der Waals surface area contributed by atoms with Gasteiger partial charge >= 0.3 is 0 Å². The molecule has 13 heavy (non-hydrogen) atoms. The Kier molecular flexibility index (Phi) is 2.55. The predicted octanol–water partition coefficient (Wildman–Crippen LogP) is -0.592. The molecule has 1 rings (SSSR count). The molecular weight excluding hydrogens is 192 g/mol. The Morgan fingerprint density at radius 1 is 1.38 bits per heavy atom. The van der Waals surface area contributed by atoms with E-state index in [9.17, 15) is 8.42 Å². The van der Waals surface area contributed by atoms with Crippen LogP contribution in [-0.2, 0) is 16.6 Å². The smallest absolute Gasteiger partial charge is 0.238 e. The Morgan fingerprint density at radius 2 is 2.00 bits per heavy atom. The molecule has 1 aromatic carbocycles. The summed E-state index contributed by atoms with van der Waals surface area (Å²) in [5.74, 6) is 0. The Hall–Kier alpha value is -1.11. The Morgan fingerprint density at radius 3 is 2.38 bits per heavy atom. The molecule has 0 saturated carbocycles. The van der Waals surface area contributed by atoms with Crippen LogP contribution < -0.4 is 10.9 Å². The van der Waals surface area contributed by atoms with E-state index in [4.69, 9.17) is 16.0 Å². The van der Waals surface area contributed by atoms with Crippen LogP contribution in [0, 0.1) is 0 Å². The third kappa shape index (κ3) is 2.18. The van der Waals surface area contributed by atoms with Gasteiger partial charge in [0.15, 0.2) is 0 Å². The first-order chi connectivity index (χ1) is 5.95. The summed E-state index contributed by atoms with van der Waals surface area (Å²) < 4.78 is 21.7. The predicted molar refractivity (Wildman–Crippen MR) is 48.2 cm³/mol. The van der Waals surface area contributed by atoms with Crippen LogP contribution >= 0.6 is 0 Å². The summed E-state index contributed by atoms with van der Waals surface area (Å²) >= 11 is 0. The number of hydrogen-bond donors (Lipinski definition) is 3. The van der Waals surface area contributed by atoms with E-state index >= 15 is 0 Å². The van der Waals surface area contributed by atoms with Gasteiger partial charge in [-0.3, -0.25) is 0 Å². The summed E-state index contributed by atoms with van der Waals surface area (Å²) in [5, 5.41) is 13.6. The van der Waals surface area contributed by atoms with Gasteiger partial charge in [0.05, 0.1) is 11.5 Å². The minimum atomic E-state index is -3.71. The molecule has 0 spiro atoms. The topological polar surface area (TPSA) is 106 Å². The van der Waals surface area contributed by atoms with Crippen LogP contribution in [0.5, 0.6) is 0 Å². The standard InChI is InChI=1S/C7H10N2O3S/c8-7-3-6(13(9,11)12)2-1-5(7)4-10/h1-3,10H,4,8H2,(H2,9,11,12). The molecular formula is C7H10N2O3S. The van der Waals surface area contributed by atoms with Crippen molar-refractivity contribution in [2.24, 2.45) is 5.14 Å². The summed E-state index contributed by atoms with van der Waals surface area (Å²) in [7, 11) is -3.71. The number of aliphatic hydroxyl groups excluding tert-OH is 1. The van der Waals surface area contributed by atoms with Crippen molar-refractivity contribution in [3.63, 3.8) is 0 Å². The highest BCUT2D eigenvalue weighted by molar-refractivity contribution is 7.89. The number of hydrogen-bond acceptors (Lipinski definition) is 4. The molecule has 6 heteroatoms. The quantitative estimate of drug-likeness (QED) is 0.557. The number of nitrogen functional groups attached to an aromatic ring is 1. The van der Waals surface area contributed by atoms with E-state index in [1.807, 2.05) is 0 Å². The van der Waals surface area contributed by atoms with Crippen molar-refractivity contribution in [2.75, 3.05) is 5.73 Å². The summed E-state index contributed by atoms with van der Waals surface area (Å²) in [6.07, 6.45) is 0. The van der Waals surface area contributed by atoms with Gasteiger partial charge < -0.3 is 10.8 Å². The molecule has 1 aromatic rings. The molecule has 0 amide bonds. The molecule has 0 heterocycles. The van der Waals surface area contributed by atoms with E-state index in [1.165, 1.54) is 18.2 Å². The van der Waals surface area contributed by atoms with E-state index in [0.717, 1.165) is 0 Å². The molecule has 72 valence electrons. The molecule has 5 nitrogen and oxygen atoms in total. The number of aliphatic hydroxyl groups is 1. The number of rotatable bonds is 2. The lowest BCUT2D eigenvalue weighted by molar-refractivity contribution is 0.282. The van der Waals surface area contributed by atoms with E-state index in [2.05, 4.69) is 0 Å². The summed E-state index contributed by atoms with van der Waals surface area (Å²) in [6, 6.07) is 3.95. The highest BCUT2D eigenvalue weighted by Gasteiger charge is 2.08. The van der Waals surface area contributed by atoms with Crippen molar-refractivity contribution in [1.29, 1.82) is 0 Å². The van der Waals surface area contributed by atoms with Crippen LogP contribution in [0.3, 0.4) is 0 Å². The highest BCUT2D eigenvalue weighted by atomic mass is 32.2. The zero-order valence-electron chi connectivity index (χ0n) is 6.77. The van der Waals surface area contributed by atoms with Crippen molar-refractivity contribution in [3.8, 4) is 0 Å². The van der Waals surface area contributed by atoms with Gasteiger partial charge in [-0.15, -0.1) is 0 Å². The minimum Gasteiger partial charge on any atom is -0.398 e. The minimum absolute atomic E-state index is 0.0535. The summed E-state index contributed by atoms with van der Waals surface area (Å²) in [5.41, 5.74) is 6.14. The molecule has 0 fully saturated rings. The number of anilines is 1. The molecule has 0 aliphatic heterocycles. The molecule has 5 N–H and O–H groups in total. The van der Waals surface area contributed by atoms with E-state index in [0.29, 0.717) is 5.56 Å². The molecule has 0 aliphatic carbocycles. The molecule has 0 radical (unpaired) electrons. The van der Waals surface area contributed by atoms with Gasteiger partial charge in [0.2, 0.25) is 10.0 Å². The van der Waals surface area contributed by atoms with Crippen molar-refractivity contribution < 1.29 is 13.5 Å². The van der Waals surface area contributed by atoms with Crippen LogP contribution in [-0.4, -0.2) is 13.5 Å². The van der Waals surface area contributed by atoms with Crippen LogP contribution in [0.15, 0.2) is 23.1 Å². The van der Waals surface area contributed by atoms with Crippen molar-refractivity contribution in [3.05, 3.63) is 23.8 Å². The van der Waals surface area contributed by atoms with Crippen LogP contribution in [0.25, 0.3) is 0 Å². The largest absolute Gasteiger partial charge is 0.398 e. The SMILES string of the molecule is Nc1cc(S(N)(=O)=O)ccc1CO. The van der Waals surface area contributed by atoms with E-state index in [1.54, 1.807) is 0 Å². The number of primary sulfonamides is 1. The van der Waals surface area contributed by atoms with Crippen molar-refractivity contribution in [2.45, 2.75) is 11.5 Å². The van der Waals surface area contributed by atoms with Gasteiger partial charge in [-0.05, 0) is 12.1 Å². The number of sulfonamides is 1. The van der Waals surface area contributed by atoms with Crippen LogP contribution in [0.4, 0.5) is 5.69 Å². The van der Waals surface area contributed by atoms with Gasteiger partial charge in [0, 0.05) is 11.3 Å². The molecule has 0 aromatic heterocycles. The van der Waals surface area contributed by atoms with Gasteiger partial charge in [0.25, 0.3) is 0 Å².